The van der Waals surface area contributed by atoms with Crippen molar-refractivity contribution in [3.05, 3.63) is 15.6 Å². The van der Waals surface area contributed by atoms with Gasteiger partial charge in [-0.2, -0.15) is 0 Å². The van der Waals surface area contributed by atoms with Crippen molar-refractivity contribution in [2.45, 2.75) is 59.8 Å². The van der Waals surface area contributed by atoms with Crippen LogP contribution in [0.2, 0.25) is 0 Å². The molecule has 1 aromatic rings. The zero-order valence-electron chi connectivity index (χ0n) is 12.5. The molecule has 1 heterocycles. The van der Waals surface area contributed by atoms with Crippen LogP contribution in [0.5, 0.6) is 0 Å². The Balaban J connectivity index is 0.000000861. The Kier molecular flexibility index (Phi) is 7.06. The highest BCUT2D eigenvalue weighted by Crippen LogP contribution is 2.30. The maximum absolute atomic E-state index is 11.8. The maximum atomic E-state index is 11.8. The number of aryl methyl sites for hydroxylation is 1. The lowest BCUT2D eigenvalue weighted by atomic mass is 10.0. The molecule has 0 N–H and O–H groups in total. The van der Waals surface area contributed by atoms with Gasteiger partial charge >= 0.3 is 5.97 Å². The van der Waals surface area contributed by atoms with Crippen molar-refractivity contribution in [2.75, 3.05) is 6.61 Å². The smallest absolute Gasteiger partial charge is 0.350 e. The molecule has 4 heteroatoms. The summed E-state index contributed by atoms with van der Waals surface area (Å²) in [4.78, 5) is 17.0. The van der Waals surface area contributed by atoms with E-state index in [1.54, 1.807) is 0 Å². The number of hydrogen-bond donors (Lipinski definition) is 0. The highest BCUT2D eigenvalue weighted by atomic mass is 32.1. The van der Waals surface area contributed by atoms with Gasteiger partial charge in [0.2, 0.25) is 0 Å². The Morgan fingerprint density at radius 3 is 2.58 bits per heavy atom. The molecule has 3 nitrogen and oxygen atoms in total. The molecule has 1 saturated carbocycles. The van der Waals surface area contributed by atoms with Crippen LogP contribution in [-0.2, 0) is 11.2 Å². The number of esters is 1. The van der Waals surface area contributed by atoms with Gasteiger partial charge in [0, 0.05) is 0 Å². The normalized spacial score (nSPS) is 14.9. The third-order valence-electron chi connectivity index (χ3n) is 3.22. The molecule has 0 unspecified atom stereocenters. The van der Waals surface area contributed by atoms with Crippen molar-refractivity contribution in [2.24, 2.45) is 5.92 Å². The first-order chi connectivity index (χ1) is 9.20. The molecule has 108 valence electrons. The van der Waals surface area contributed by atoms with Gasteiger partial charge in [0.15, 0.2) is 0 Å². The first-order valence-electron chi connectivity index (χ1n) is 7.34. The molecule has 2 rings (SSSR count). The van der Waals surface area contributed by atoms with Crippen LogP contribution in [0.4, 0.5) is 0 Å². The zero-order chi connectivity index (χ0) is 14.3. The molecular formula is C15H25NO2S. The molecule has 0 radical (unpaired) electrons. The molecule has 0 saturated heterocycles. The van der Waals surface area contributed by atoms with E-state index in [1.807, 2.05) is 27.7 Å². The highest BCUT2D eigenvalue weighted by Gasteiger charge is 2.22. The van der Waals surface area contributed by atoms with Crippen LogP contribution in [0, 0.1) is 12.8 Å². The van der Waals surface area contributed by atoms with Crippen molar-refractivity contribution in [1.29, 1.82) is 0 Å². The number of carbonyl (C=O) groups excluding carboxylic acids is 1. The van der Waals surface area contributed by atoms with E-state index in [0.29, 0.717) is 12.5 Å². The van der Waals surface area contributed by atoms with Crippen LogP contribution in [0.3, 0.4) is 0 Å². The van der Waals surface area contributed by atoms with Gasteiger partial charge in [-0.3, -0.25) is 0 Å². The van der Waals surface area contributed by atoms with Crippen LogP contribution in [0.15, 0.2) is 0 Å². The summed E-state index contributed by atoms with van der Waals surface area (Å²) in [5.74, 6) is 0.510. The third kappa shape index (κ3) is 4.60. The van der Waals surface area contributed by atoms with E-state index in [2.05, 4.69) is 4.98 Å². The molecule has 0 bridgehead atoms. The maximum Gasteiger partial charge on any atom is 0.350 e. The summed E-state index contributed by atoms with van der Waals surface area (Å²) in [6.07, 6.45) is 6.14. The van der Waals surface area contributed by atoms with E-state index in [0.717, 1.165) is 22.0 Å². The average molecular weight is 283 g/mol. The molecule has 19 heavy (non-hydrogen) atoms. The van der Waals surface area contributed by atoms with E-state index in [-0.39, 0.29) is 5.97 Å². The minimum atomic E-state index is -0.203. The van der Waals surface area contributed by atoms with Crippen molar-refractivity contribution in [1.82, 2.24) is 4.98 Å². The second kappa shape index (κ2) is 8.31. The van der Waals surface area contributed by atoms with Crippen molar-refractivity contribution in [3.8, 4) is 0 Å². The van der Waals surface area contributed by atoms with Gasteiger partial charge in [-0.1, -0.05) is 39.5 Å². The largest absolute Gasteiger partial charge is 0.462 e. The van der Waals surface area contributed by atoms with Gasteiger partial charge in [-0.15, -0.1) is 11.3 Å². The zero-order valence-corrected chi connectivity index (χ0v) is 13.3. The summed E-state index contributed by atoms with van der Waals surface area (Å²) < 4.78 is 5.08. The Bertz CT molecular complexity index is 395. The number of aromatic nitrogens is 1. The van der Waals surface area contributed by atoms with E-state index in [1.165, 1.54) is 37.0 Å². The number of nitrogens with zero attached hydrogens (tertiary/aromatic N) is 1. The van der Waals surface area contributed by atoms with Gasteiger partial charge in [-0.25, -0.2) is 9.78 Å². The SMILES string of the molecule is CC.CCOC(=O)c1sc(C)nc1CC1CCCC1. The molecule has 0 aliphatic heterocycles. The summed E-state index contributed by atoms with van der Waals surface area (Å²) in [5.41, 5.74) is 0.956. The van der Waals surface area contributed by atoms with E-state index >= 15 is 0 Å². The number of ether oxygens (including phenoxy) is 1. The lowest BCUT2D eigenvalue weighted by Gasteiger charge is -2.07. The van der Waals surface area contributed by atoms with E-state index < -0.39 is 0 Å². The van der Waals surface area contributed by atoms with Gasteiger partial charge in [-0.05, 0) is 26.2 Å². The predicted molar refractivity (Wildman–Crippen MR) is 79.8 cm³/mol. The van der Waals surface area contributed by atoms with E-state index in [9.17, 15) is 4.79 Å². The van der Waals surface area contributed by atoms with Crippen LogP contribution >= 0.6 is 11.3 Å². The van der Waals surface area contributed by atoms with Crippen LogP contribution in [-0.4, -0.2) is 17.6 Å². The summed E-state index contributed by atoms with van der Waals surface area (Å²) in [6, 6.07) is 0. The molecule has 1 fully saturated rings. The third-order valence-corrected chi connectivity index (χ3v) is 4.21. The van der Waals surface area contributed by atoms with Gasteiger partial charge in [0.1, 0.15) is 4.88 Å². The number of carbonyl (C=O) groups is 1. The first kappa shape index (κ1) is 16.2. The second-order valence-corrected chi connectivity index (χ2v) is 5.79. The van der Waals surface area contributed by atoms with Crippen LogP contribution < -0.4 is 0 Å². The number of thiazole rings is 1. The van der Waals surface area contributed by atoms with Gasteiger partial charge < -0.3 is 4.74 Å². The molecule has 1 aromatic heterocycles. The van der Waals surface area contributed by atoms with Crippen LogP contribution in [0.1, 0.15) is 66.8 Å². The second-order valence-electron chi connectivity index (χ2n) is 4.58. The Morgan fingerprint density at radius 2 is 2.00 bits per heavy atom. The summed E-state index contributed by atoms with van der Waals surface area (Å²) in [6.45, 7) is 8.21. The van der Waals surface area contributed by atoms with Gasteiger partial charge in [0.05, 0.1) is 17.3 Å². The van der Waals surface area contributed by atoms with Crippen LogP contribution in [0.25, 0.3) is 0 Å². The van der Waals surface area contributed by atoms with Crippen molar-refractivity contribution < 1.29 is 9.53 Å². The molecule has 0 amide bonds. The molecular weight excluding hydrogens is 258 g/mol. The topological polar surface area (TPSA) is 39.2 Å². The van der Waals surface area contributed by atoms with Crippen molar-refractivity contribution in [3.63, 3.8) is 0 Å². The molecule has 0 spiro atoms. The molecule has 1 aliphatic carbocycles. The molecule has 0 aromatic carbocycles. The Morgan fingerprint density at radius 1 is 1.37 bits per heavy atom. The van der Waals surface area contributed by atoms with E-state index in [4.69, 9.17) is 4.74 Å². The predicted octanol–water partition coefficient (Wildman–Crippen LogP) is 4.39. The number of rotatable bonds is 4. The Hall–Kier alpha value is -0.900. The summed E-state index contributed by atoms with van der Waals surface area (Å²) >= 11 is 1.46. The fourth-order valence-corrected chi connectivity index (χ4v) is 3.29. The monoisotopic (exact) mass is 283 g/mol. The fourth-order valence-electron chi connectivity index (χ4n) is 2.45. The summed E-state index contributed by atoms with van der Waals surface area (Å²) in [5, 5.41) is 0.959. The molecule has 0 atom stereocenters. The minimum absolute atomic E-state index is 0.203. The average Bonchev–Trinajstić information content (AvgIpc) is 3.02. The first-order valence-corrected chi connectivity index (χ1v) is 8.15. The number of hydrogen-bond acceptors (Lipinski definition) is 4. The summed E-state index contributed by atoms with van der Waals surface area (Å²) in [7, 11) is 0. The molecule has 1 aliphatic rings. The highest BCUT2D eigenvalue weighted by molar-refractivity contribution is 7.13. The van der Waals surface area contributed by atoms with Gasteiger partial charge in [0.25, 0.3) is 0 Å². The lowest BCUT2D eigenvalue weighted by molar-refractivity contribution is 0.0530. The quantitative estimate of drug-likeness (QED) is 0.769. The standard InChI is InChI=1S/C13H19NO2S.C2H6/c1-3-16-13(15)12-11(14-9(2)17-12)8-10-6-4-5-7-10;1-2/h10H,3-8H2,1-2H3;1-2H3. The Labute approximate surface area is 120 Å². The lowest BCUT2D eigenvalue weighted by Crippen LogP contribution is -2.08. The minimum Gasteiger partial charge on any atom is -0.462 e. The van der Waals surface area contributed by atoms with Crippen molar-refractivity contribution >= 4 is 17.3 Å². The fraction of sp³-hybridized carbons (Fsp3) is 0.733.